The summed E-state index contributed by atoms with van der Waals surface area (Å²) in [7, 11) is 0. The second-order valence-electron chi connectivity index (χ2n) is 5.01. The molecule has 2 fully saturated rings. The number of carbonyl (C=O) groups is 2. The Balaban J connectivity index is 1.78. The SMILES string of the molecule is O=C(O)C1CCCN1C(=O)CNC1CCCNC1. The zero-order valence-corrected chi connectivity index (χ0v) is 10.5. The van der Waals surface area contributed by atoms with Crippen LogP contribution >= 0.6 is 0 Å². The van der Waals surface area contributed by atoms with Crippen LogP contribution in [0.5, 0.6) is 0 Å². The van der Waals surface area contributed by atoms with E-state index in [1.165, 1.54) is 4.90 Å². The summed E-state index contributed by atoms with van der Waals surface area (Å²) >= 11 is 0. The fraction of sp³-hybridized carbons (Fsp3) is 0.833. The summed E-state index contributed by atoms with van der Waals surface area (Å²) in [5.74, 6) is -0.981. The van der Waals surface area contributed by atoms with Crippen molar-refractivity contribution in [1.29, 1.82) is 0 Å². The quantitative estimate of drug-likeness (QED) is 0.625. The standard InChI is InChI=1S/C12H21N3O3/c16-11(8-14-9-3-1-5-13-7-9)15-6-2-4-10(15)12(17)18/h9-10,13-14H,1-8H2,(H,17,18). The van der Waals surface area contributed by atoms with Crippen LogP contribution in [-0.2, 0) is 9.59 Å². The molecular weight excluding hydrogens is 234 g/mol. The lowest BCUT2D eigenvalue weighted by molar-refractivity contribution is -0.147. The van der Waals surface area contributed by atoms with E-state index in [0.717, 1.165) is 32.4 Å². The molecule has 0 aromatic heterocycles. The largest absolute Gasteiger partial charge is 0.480 e. The Morgan fingerprint density at radius 3 is 2.83 bits per heavy atom. The number of amides is 1. The van der Waals surface area contributed by atoms with Crippen LogP contribution in [0.15, 0.2) is 0 Å². The third kappa shape index (κ3) is 3.20. The van der Waals surface area contributed by atoms with Crippen molar-refractivity contribution in [3.8, 4) is 0 Å². The van der Waals surface area contributed by atoms with Gasteiger partial charge in [0.05, 0.1) is 6.54 Å². The molecule has 3 N–H and O–H groups in total. The smallest absolute Gasteiger partial charge is 0.326 e. The maximum atomic E-state index is 12.0. The maximum absolute atomic E-state index is 12.0. The van der Waals surface area contributed by atoms with Gasteiger partial charge in [0.1, 0.15) is 6.04 Å². The first kappa shape index (κ1) is 13.3. The lowest BCUT2D eigenvalue weighted by atomic mass is 10.1. The minimum Gasteiger partial charge on any atom is -0.480 e. The Hall–Kier alpha value is -1.14. The fourth-order valence-electron chi connectivity index (χ4n) is 2.68. The number of piperidine rings is 1. The van der Waals surface area contributed by atoms with E-state index in [1.807, 2.05) is 0 Å². The second kappa shape index (κ2) is 6.15. The van der Waals surface area contributed by atoms with Gasteiger partial charge in [0.15, 0.2) is 0 Å². The van der Waals surface area contributed by atoms with Crippen molar-refractivity contribution in [3.05, 3.63) is 0 Å². The van der Waals surface area contributed by atoms with Gasteiger partial charge in [-0.3, -0.25) is 4.79 Å². The number of hydrogen-bond acceptors (Lipinski definition) is 4. The Morgan fingerprint density at radius 2 is 2.17 bits per heavy atom. The molecule has 0 spiro atoms. The highest BCUT2D eigenvalue weighted by Gasteiger charge is 2.33. The molecule has 1 amide bonds. The monoisotopic (exact) mass is 255 g/mol. The van der Waals surface area contributed by atoms with Crippen LogP contribution in [0.25, 0.3) is 0 Å². The molecule has 0 aromatic rings. The molecule has 0 radical (unpaired) electrons. The number of aliphatic carboxylic acids is 1. The van der Waals surface area contributed by atoms with Crippen molar-refractivity contribution in [1.82, 2.24) is 15.5 Å². The summed E-state index contributed by atoms with van der Waals surface area (Å²) in [6.07, 6.45) is 3.55. The van der Waals surface area contributed by atoms with Gasteiger partial charge in [0.2, 0.25) is 5.91 Å². The molecule has 2 atom stereocenters. The number of nitrogens with zero attached hydrogens (tertiary/aromatic N) is 1. The Kier molecular flexibility index (Phi) is 4.54. The number of carbonyl (C=O) groups excluding carboxylic acids is 1. The maximum Gasteiger partial charge on any atom is 0.326 e. The van der Waals surface area contributed by atoms with E-state index in [1.54, 1.807) is 0 Å². The van der Waals surface area contributed by atoms with Crippen molar-refractivity contribution < 1.29 is 14.7 Å². The van der Waals surface area contributed by atoms with Crippen LogP contribution in [0.3, 0.4) is 0 Å². The van der Waals surface area contributed by atoms with Crippen LogP contribution in [0, 0.1) is 0 Å². The average molecular weight is 255 g/mol. The lowest BCUT2D eigenvalue weighted by Crippen LogP contribution is -2.49. The molecule has 2 unspecified atom stereocenters. The number of likely N-dealkylation sites (tertiary alicyclic amines) is 1. The van der Waals surface area contributed by atoms with Crippen LogP contribution in [-0.4, -0.2) is 60.1 Å². The molecule has 102 valence electrons. The average Bonchev–Trinajstić information content (AvgIpc) is 2.86. The molecule has 2 heterocycles. The van der Waals surface area contributed by atoms with E-state index in [9.17, 15) is 9.59 Å². The van der Waals surface area contributed by atoms with Gasteiger partial charge in [0, 0.05) is 19.1 Å². The molecule has 2 aliphatic heterocycles. The predicted octanol–water partition coefficient (Wildman–Crippen LogP) is -0.596. The summed E-state index contributed by atoms with van der Waals surface area (Å²) in [4.78, 5) is 24.5. The molecule has 6 nitrogen and oxygen atoms in total. The van der Waals surface area contributed by atoms with Gasteiger partial charge in [-0.05, 0) is 32.2 Å². The number of nitrogens with one attached hydrogen (secondary N) is 2. The number of carboxylic acids is 1. The van der Waals surface area contributed by atoms with Crippen molar-refractivity contribution in [2.24, 2.45) is 0 Å². The highest BCUT2D eigenvalue weighted by molar-refractivity contribution is 5.85. The summed E-state index contributed by atoms with van der Waals surface area (Å²) in [5, 5.41) is 15.5. The van der Waals surface area contributed by atoms with E-state index in [4.69, 9.17) is 5.11 Å². The zero-order valence-electron chi connectivity index (χ0n) is 10.5. The zero-order chi connectivity index (χ0) is 13.0. The highest BCUT2D eigenvalue weighted by Crippen LogP contribution is 2.17. The van der Waals surface area contributed by atoms with Crippen LogP contribution in [0.4, 0.5) is 0 Å². The molecule has 2 aliphatic rings. The number of rotatable bonds is 4. The van der Waals surface area contributed by atoms with Crippen molar-refractivity contribution in [2.75, 3.05) is 26.2 Å². The van der Waals surface area contributed by atoms with Gasteiger partial charge in [-0.2, -0.15) is 0 Å². The molecular formula is C12H21N3O3. The number of hydrogen-bond donors (Lipinski definition) is 3. The molecule has 0 bridgehead atoms. The molecule has 18 heavy (non-hydrogen) atoms. The molecule has 2 saturated heterocycles. The van der Waals surface area contributed by atoms with Gasteiger partial charge in [-0.15, -0.1) is 0 Å². The van der Waals surface area contributed by atoms with Crippen LogP contribution in [0.2, 0.25) is 0 Å². The van der Waals surface area contributed by atoms with Crippen LogP contribution in [0.1, 0.15) is 25.7 Å². The first-order valence-corrected chi connectivity index (χ1v) is 6.65. The summed E-state index contributed by atoms with van der Waals surface area (Å²) in [5.41, 5.74) is 0. The van der Waals surface area contributed by atoms with E-state index in [-0.39, 0.29) is 12.5 Å². The van der Waals surface area contributed by atoms with Gasteiger partial charge in [-0.25, -0.2) is 4.79 Å². The van der Waals surface area contributed by atoms with E-state index in [2.05, 4.69) is 10.6 Å². The van der Waals surface area contributed by atoms with Crippen molar-refractivity contribution >= 4 is 11.9 Å². The summed E-state index contributed by atoms with van der Waals surface area (Å²) in [6.45, 7) is 2.74. The normalized spacial score (nSPS) is 28.3. The molecule has 6 heteroatoms. The first-order chi connectivity index (χ1) is 8.68. The van der Waals surface area contributed by atoms with Gasteiger partial charge >= 0.3 is 5.97 Å². The molecule has 0 aliphatic carbocycles. The van der Waals surface area contributed by atoms with Crippen molar-refractivity contribution in [3.63, 3.8) is 0 Å². The minimum atomic E-state index is -0.889. The number of carboxylic acid groups (broad SMARTS) is 1. The highest BCUT2D eigenvalue weighted by atomic mass is 16.4. The van der Waals surface area contributed by atoms with E-state index >= 15 is 0 Å². The third-order valence-electron chi connectivity index (χ3n) is 3.70. The van der Waals surface area contributed by atoms with Gasteiger partial charge < -0.3 is 20.6 Å². The lowest BCUT2D eigenvalue weighted by Gasteiger charge is -2.26. The Morgan fingerprint density at radius 1 is 1.33 bits per heavy atom. The predicted molar refractivity (Wildman–Crippen MR) is 66.3 cm³/mol. The first-order valence-electron chi connectivity index (χ1n) is 6.65. The molecule has 0 aromatic carbocycles. The summed E-state index contributed by atoms with van der Waals surface area (Å²) < 4.78 is 0. The van der Waals surface area contributed by atoms with E-state index in [0.29, 0.717) is 19.0 Å². The van der Waals surface area contributed by atoms with Gasteiger partial charge in [0.25, 0.3) is 0 Å². The topological polar surface area (TPSA) is 81.7 Å². The minimum absolute atomic E-state index is 0.0922. The van der Waals surface area contributed by atoms with Gasteiger partial charge in [-0.1, -0.05) is 0 Å². The second-order valence-corrected chi connectivity index (χ2v) is 5.01. The molecule has 0 saturated carbocycles. The van der Waals surface area contributed by atoms with Crippen molar-refractivity contribution in [2.45, 2.75) is 37.8 Å². The third-order valence-corrected chi connectivity index (χ3v) is 3.70. The summed E-state index contributed by atoms with van der Waals surface area (Å²) in [6, 6.07) is -0.294. The fourth-order valence-corrected chi connectivity index (χ4v) is 2.68. The van der Waals surface area contributed by atoms with E-state index < -0.39 is 12.0 Å². The van der Waals surface area contributed by atoms with Crippen LogP contribution < -0.4 is 10.6 Å². The Labute approximate surface area is 107 Å². The Bertz CT molecular complexity index is 316. The molecule has 2 rings (SSSR count).